The van der Waals surface area contributed by atoms with Crippen molar-refractivity contribution >= 4 is 71.3 Å². The number of benzene rings is 2. The number of anilines is 2. The molecule has 2 aromatic carbocycles. The van der Waals surface area contributed by atoms with Crippen LogP contribution < -0.4 is 15.4 Å². The van der Waals surface area contributed by atoms with E-state index in [0.29, 0.717) is 28.8 Å². The maximum Gasteiger partial charge on any atom is 0.235 e. The van der Waals surface area contributed by atoms with E-state index in [1.165, 1.54) is 6.33 Å². The molecule has 12 heteroatoms. The van der Waals surface area contributed by atoms with Crippen molar-refractivity contribution in [2.75, 3.05) is 23.9 Å². The largest absolute Gasteiger partial charge is 0.455 e. The van der Waals surface area contributed by atoms with Crippen LogP contribution in [0.1, 0.15) is 0 Å². The van der Waals surface area contributed by atoms with Crippen molar-refractivity contribution in [3.63, 3.8) is 0 Å². The van der Waals surface area contributed by atoms with Crippen molar-refractivity contribution in [2.24, 2.45) is 0 Å². The van der Waals surface area contributed by atoms with Gasteiger partial charge in [-0.3, -0.25) is 4.79 Å². The number of rotatable bonds is 9. The van der Waals surface area contributed by atoms with Crippen LogP contribution in [0.5, 0.6) is 11.5 Å². The third-order valence-electron chi connectivity index (χ3n) is 5.49. The quantitative estimate of drug-likeness (QED) is 0.263. The van der Waals surface area contributed by atoms with Crippen molar-refractivity contribution < 1.29 is 17.9 Å². The summed E-state index contributed by atoms with van der Waals surface area (Å²) in [5, 5.41) is 9.40. The lowest BCUT2D eigenvalue weighted by Gasteiger charge is -2.13. The Labute approximate surface area is 222 Å². The normalized spacial score (nSPS) is 11.6. The molecule has 0 radical (unpaired) electrons. The van der Waals surface area contributed by atoms with Gasteiger partial charge in [-0.05, 0) is 47.8 Å². The fourth-order valence-electron chi connectivity index (χ4n) is 3.89. The minimum atomic E-state index is -3.38. The lowest BCUT2D eigenvalue weighted by molar-refractivity contribution is -0.118. The molecule has 9 nitrogen and oxygen atoms in total. The van der Waals surface area contributed by atoms with E-state index >= 15 is 0 Å². The highest BCUT2D eigenvalue weighted by molar-refractivity contribution is 7.91. The van der Waals surface area contributed by atoms with Crippen LogP contribution in [0.25, 0.3) is 21.1 Å². The van der Waals surface area contributed by atoms with Gasteiger partial charge < -0.3 is 19.9 Å². The zero-order valence-corrected chi connectivity index (χ0v) is 22.0. The number of ether oxygens (including phenoxy) is 1. The molecule has 0 saturated carbocycles. The molecule has 0 unspecified atom stereocenters. The minimum absolute atomic E-state index is 0.251. The van der Waals surface area contributed by atoms with E-state index in [0.717, 1.165) is 33.1 Å². The van der Waals surface area contributed by atoms with Gasteiger partial charge in [-0.15, -0.1) is 11.3 Å². The van der Waals surface area contributed by atoms with Gasteiger partial charge in [0, 0.05) is 41.3 Å². The lowest BCUT2D eigenvalue weighted by Crippen LogP contribution is -2.32. The maximum absolute atomic E-state index is 11.8. The third kappa shape index (κ3) is 5.85. The number of halogens is 1. The number of sulfone groups is 1. The predicted octanol–water partition coefficient (Wildman–Crippen LogP) is 5.00. The second-order valence-electron chi connectivity index (χ2n) is 8.35. The number of carbonyl (C=O) groups is 1. The predicted molar refractivity (Wildman–Crippen MR) is 147 cm³/mol. The van der Waals surface area contributed by atoms with E-state index < -0.39 is 21.5 Å². The second kappa shape index (κ2) is 10.4. The van der Waals surface area contributed by atoms with Gasteiger partial charge in [0.15, 0.2) is 15.7 Å². The average molecular weight is 556 g/mol. The van der Waals surface area contributed by atoms with E-state index in [2.05, 4.69) is 20.6 Å². The summed E-state index contributed by atoms with van der Waals surface area (Å²) in [6.45, 7) is 0.657. The Kier molecular flexibility index (Phi) is 7.00. The molecule has 0 aliphatic heterocycles. The first-order valence-electron chi connectivity index (χ1n) is 11.2. The minimum Gasteiger partial charge on any atom is -0.455 e. The van der Waals surface area contributed by atoms with E-state index in [9.17, 15) is 13.2 Å². The standard InChI is InChI=1S/C25H22ClN5O4S2/c1-37(33,34)14-23(32)27-9-11-31-10-7-19-24(31)25(29-15-28-19)30-16-5-6-21(18(26)13-16)35-20-3-2-4-22-17(20)8-12-36-22/h2-8,10,12-13,15H,9,11,14H2,1H3,(H,27,32)(H,28,29,30). The fraction of sp³-hybridized carbons (Fsp3) is 0.160. The Balaban J connectivity index is 1.32. The van der Waals surface area contributed by atoms with Crippen LogP contribution in [0.4, 0.5) is 11.5 Å². The van der Waals surface area contributed by atoms with Crippen LogP contribution in [-0.4, -0.2) is 47.4 Å². The van der Waals surface area contributed by atoms with Crippen molar-refractivity contribution in [3.8, 4) is 11.5 Å². The lowest BCUT2D eigenvalue weighted by atomic mass is 10.2. The molecule has 3 aromatic heterocycles. The van der Waals surface area contributed by atoms with Crippen molar-refractivity contribution in [3.05, 3.63) is 71.5 Å². The van der Waals surface area contributed by atoms with Crippen LogP contribution in [-0.2, 0) is 21.2 Å². The van der Waals surface area contributed by atoms with Gasteiger partial charge in [-0.2, -0.15) is 0 Å². The highest BCUT2D eigenvalue weighted by Crippen LogP contribution is 2.37. The topological polar surface area (TPSA) is 115 Å². The first-order chi connectivity index (χ1) is 17.8. The SMILES string of the molecule is CS(=O)(=O)CC(=O)NCCn1ccc2ncnc(Nc3ccc(Oc4cccc5sccc45)c(Cl)c3)c21. The molecule has 37 heavy (non-hydrogen) atoms. The number of hydrogen-bond acceptors (Lipinski definition) is 8. The van der Waals surface area contributed by atoms with E-state index in [1.54, 1.807) is 23.5 Å². The number of nitrogens with zero attached hydrogens (tertiary/aromatic N) is 3. The molecule has 0 atom stereocenters. The zero-order valence-electron chi connectivity index (χ0n) is 19.6. The average Bonchev–Trinajstić information content (AvgIpc) is 3.48. The number of thiophene rings is 1. The molecule has 1 amide bonds. The summed E-state index contributed by atoms with van der Waals surface area (Å²) < 4.78 is 31.7. The summed E-state index contributed by atoms with van der Waals surface area (Å²) in [6.07, 6.45) is 4.32. The smallest absolute Gasteiger partial charge is 0.235 e. The second-order valence-corrected chi connectivity index (χ2v) is 11.8. The van der Waals surface area contributed by atoms with Crippen molar-refractivity contribution in [1.82, 2.24) is 19.9 Å². The zero-order chi connectivity index (χ0) is 26.0. The van der Waals surface area contributed by atoms with Gasteiger partial charge in [-0.25, -0.2) is 18.4 Å². The van der Waals surface area contributed by atoms with Gasteiger partial charge in [0.25, 0.3) is 0 Å². The van der Waals surface area contributed by atoms with Crippen LogP contribution in [0.3, 0.4) is 0 Å². The Hall–Kier alpha value is -3.67. The summed E-state index contributed by atoms with van der Waals surface area (Å²) in [4.78, 5) is 20.5. The Bertz CT molecular complexity index is 1710. The van der Waals surface area contributed by atoms with Gasteiger partial charge in [0.2, 0.25) is 5.91 Å². The van der Waals surface area contributed by atoms with Crippen LogP contribution in [0.2, 0.25) is 5.02 Å². The molecule has 0 fully saturated rings. The highest BCUT2D eigenvalue weighted by Gasteiger charge is 2.14. The molecular formula is C25H22ClN5O4S2. The van der Waals surface area contributed by atoms with Gasteiger partial charge in [0.05, 0.1) is 10.5 Å². The van der Waals surface area contributed by atoms with Gasteiger partial charge >= 0.3 is 0 Å². The van der Waals surface area contributed by atoms with Crippen molar-refractivity contribution in [1.29, 1.82) is 0 Å². The van der Waals surface area contributed by atoms with Crippen LogP contribution in [0, 0.1) is 0 Å². The number of nitrogens with one attached hydrogen (secondary N) is 2. The number of hydrogen-bond donors (Lipinski definition) is 2. The molecule has 0 aliphatic rings. The molecule has 190 valence electrons. The van der Waals surface area contributed by atoms with E-state index in [1.807, 2.05) is 52.5 Å². The number of aromatic nitrogens is 3. The molecule has 5 rings (SSSR count). The molecule has 5 aromatic rings. The third-order valence-corrected chi connectivity index (χ3v) is 7.45. The molecular weight excluding hydrogens is 534 g/mol. The molecule has 0 spiro atoms. The summed E-state index contributed by atoms with van der Waals surface area (Å²) in [5.74, 6) is 0.747. The molecule has 0 bridgehead atoms. The Morgan fingerprint density at radius 3 is 2.81 bits per heavy atom. The van der Waals surface area contributed by atoms with Crippen LogP contribution >= 0.6 is 22.9 Å². The van der Waals surface area contributed by atoms with Gasteiger partial charge in [0.1, 0.15) is 29.1 Å². The Morgan fingerprint density at radius 2 is 2.00 bits per heavy atom. The molecule has 3 heterocycles. The summed E-state index contributed by atoms with van der Waals surface area (Å²) in [6, 6.07) is 15.2. The van der Waals surface area contributed by atoms with Crippen LogP contribution in [0.15, 0.2) is 66.4 Å². The highest BCUT2D eigenvalue weighted by atomic mass is 35.5. The first kappa shape index (κ1) is 25.0. The van der Waals surface area contributed by atoms with Crippen molar-refractivity contribution in [2.45, 2.75) is 6.54 Å². The number of carbonyl (C=O) groups excluding carboxylic acids is 1. The monoisotopic (exact) mass is 555 g/mol. The van der Waals surface area contributed by atoms with E-state index in [-0.39, 0.29) is 6.54 Å². The first-order valence-corrected chi connectivity index (χ1v) is 14.5. The number of amides is 1. The molecule has 0 aliphatic carbocycles. The fourth-order valence-corrected chi connectivity index (χ4v) is 5.49. The summed E-state index contributed by atoms with van der Waals surface area (Å²) in [7, 11) is -3.38. The molecule has 2 N–H and O–H groups in total. The Morgan fingerprint density at radius 1 is 1.14 bits per heavy atom. The van der Waals surface area contributed by atoms with E-state index in [4.69, 9.17) is 16.3 Å². The maximum atomic E-state index is 11.8. The summed E-state index contributed by atoms with van der Waals surface area (Å²) in [5.41, 5.74) is 2.16. The summed E-state index contributed by atoms with van der Waals surface area (Å²) >= 11 is 8.21. The molecule has 0 saturated heterocycles. The number of fused-ring (bicyclic) bond motifs is 2. The van der Waals surface area contributed by atoms with Gasteiger partial charge in [-0.1, -0.05) is 17.7 Å².